The van der Waals surface area contributed by atoms with Gasteiger partial charge in [-0.05, 0) is 31.9 Å². The minimum absolute atomic E-state index is 0.0121. The molecule has 1 aliphatic rings. The lowest BCUT2D eigenvalue weighted by Gasteiger charge is -2.34. The van der Waals surface area contributed by atoms with Gasteiger partial charge < -0.3 is 4.52 Å². The smallest absolute Gasteiger partial charge is 0.265 e. The predicted octanol–water partition coefficient (Wildman–Crippen LogP) is 2.31. The Morgan fingerprint density at radius 3 is 2.50 bits per heavy atom. The van der Waals surface area contributed by atoms with E-state index in [0.29, 0.717) is 18.2 Å². The molecule has 0 radical (unpaired) electrons. The van der Waals surface area contributed by atoms with Gasteiger partial charge in [0.25, 0.3) is 5.89 Å². The monoisotopic (exact) mass is 361 g/mol. The Morgan fingerprint density at radius 2 is 1.92 bits per heavy atom. The minimum Gasteiger partial charge on any atom is -0.336 e. The van der Waals surface area contributed by atoms with Crippen LogP contribution in [0.2, 0.25) is 0 Å². The zero-order valence-corrected chi connectivity index (χ0v) is 13.5. The van der Waals surface area contributed by atoms with Gasteiger partial charge in [-0.25, -0.2) is 21.6 Å². The molecule has 0 aliphatic carbocycles. The van der Waals surface area contributed by atoms with E-state index in [1.807, 2.05) is 0 Å². The second-order valence-electron chi connectivity index (χ2n) is 5.66. The van der Waals surface area contributed by atoms with Gasteiger partial charge in [-0.3, -0.25) is 0 Å². The Kier molecular flexibility index (Phi) is 4.12. The highest BCUT2D eigenvalue weighted by Gasteiger charge is 2.45. The first-order valence-electron chi connectivity index (χ1n) is 7.17. The molecule has 1 aromatic carbocycles. The zero-order valence-electron chi connectivity index (χ0n) is 12.7. The number of hydrogen-bond acceptors (Lipinski definition) is 5. The summed E-state index contributed by atoms with van der Waals surface area (Å²) in [5, 5.41) is 3.51. The first-order chi connectivity index (χ1) is 11.2. The number of aryl methyl sites for hydroxylation is 1. The molecule has 1 fully saturated rings. The van der Waals surface area contributed by atoms with E-state index in [1.165, 1.54) is 6.92 Å². The van der Waals surface area contributed by atoms with Crippen molar-refractivity contribution in [2.24, 2.45) is 0 Å². The summed E-state index contributed by atoms with van der Waals surface area (Å²) in [4.78, 5) is 3.27. The van der Waals surface area contributed by atoms with E-state index < -0.39 is 38.8 Å². The summed E-state index contributed by atoms with van der Waals surface area (Å²) in [7, 11) is -4.26. The molecule has 3 rings (SSSR count). The number of rotatable bonds is 3. The molecule has 0 spiro atoms. The van der Waals surface area contributed by atoms with Gasteiger partial charge in [0.05, 0.1) is 11.4 Å². The number of sulfonamides is 1. The molecule has 2 heterocycles. The van der Waals surface area contributed by atoms with E-state index in [2.05, 4.69) is 10.1 Å². The van der Waals surface area contributed by atoms with E-state index in [-0.39, 0.29) is 31.1 Å². The molecule has 1 aromatic heterocycles. The second-order valence-corrected chi connectivity index (χ2v) is 7.60. The van der Waals surface area contributed by atoms with Crippen LogP contribution in [0.3, 0.4) is 0 Å². The third-order valence-electron chi connectivity index (χ3n) is 3.79. The van der Waals surface area contributed by atoms with Crippen molar-refractivity contribution in [3.05, 3.63) is 41.5 Å². The van der Waals surface area contributed by atoms with Crippen LogP contribution in [0, 0.1) is 18.6 Å². The van der Waals surface area contributed by atoms with Crippen LogP contribution in [-0.2, 0) is 15.7 Å². The first-order valence-corrected chi connectivity index (χ1v) is 8.61. The second kappa shape index (κ2) is 5.85. The van der Waals surface area contributed by atoms with Gasteiger partial charge in [0, 0.05) is 12.6 Å². The van der Waals surface area contributed by atoms with Crippen molar-refractivity contribution in [1.82, 2.24) is 14.4 Å². The van der Waals surface area contributed by atoms with Crippen molar-refractivity contribution in [2.45, 2.75) is 30.3 Å². The Morgan fingerprint density at radius 1 is 1.25 bits per heavy atom. The molecule has 24 heavy (non-hydrogen) atoms. The number of piperidine rings is 1. The van der Waals surface area contributed by atoms with Crippen molar-refractivity contribution in [1.29, 1.82) is 0 Å². The maximum Gasteiger partial charge on any atom is 0.265 e. The van der Waals surface area contributed by atoms with Crippen LogP contribution in [0.15, 0.2) is 27.6 Å². The standard InChI is InChI=1S/C14H14F3N3O3S/c1-9-18-13(23-19-9)14(17)3-2-4-20(8-14)24(21,22)12-6-10(15)5-11(16)7-12/h5-7H,2-4,8H2,1H3. The van der Waals surface area contributed by atoms with Crippen molar-refractivity contribution in [3.8, 4) is 0 Å². The molecule has 1 atom stereocenters. The fourth-order valence-electron chi connectivity index (χ4n) is 2.66. The summed E-state index contributed by atoms with van der Waals surface area (Å²) in [6, 6.07) is 1.96. The lowest BCUT2D eigenvalue weighted by molar-refractivity contribution is 0.0470. The highest BCUT2D eigenvalue weighted by Crippen LogP contribution is 2.36. The summed E-state index contributed by atoms with van der Waals surface area (Å²) < 4.78 is 72.6. The number of aromatic nitrogens is 2. The molecule has 0 saturated carbocycles. The molecular weight excluding hydrogens is 347 g/mol. The lowest BCUT2D eigenvalue weighted by Crippen LogP contribution is -2.46. The molecular formula is C14H14F3N3O3S. The van der Waals surface area contributed by atoms with Gasteiger partial charge in [0.2, 0.25) is 15.7 Å². The molecule has 1 aliphatic heterocycles. The highest BCUT2D eigenvalue weighted by molar-refractivity contribution is 7.89. The van der Waals surface area contributed by atoms with Crippen LogP contribution in [0.1, 0.15) is 24.6 Å². The molecule has 0 amide bonds. The summed E-state index contributed by atoms with van der Waals surface area (Å²) in [6.07, 6.45) is 0.215. The average Bonchev–Trinajstić information content (AvgIpc) is 2.94. The van der Waals surface area contributed by atoms with Crippen LogP contribution in [-0.4, -0.2) is 36.0 Å². The van der Waals surface area contributed by atoms with Gasteiger partial charge in [-0.1, -0.05) is 5.16 Å². The van der Waals surface area contributed by atoms with Crippen LogP contribution < -0.4 is 0 Å². The molecule has 1 saturated heterocycles. The topological polar surface area (TPSA) is 76.3 Å². The SMILES string of the molecule is Cc1noc(C2(F)CCCN(S(=O)(=O)c3cc(F)cc(F)c3)C2)n1. The van der Waals surface area contributed by atoms with E-state index >= 15 is 4.39 Å². The highest BCUT2D eigenvalue weighted by atomic mass is 32.2. The van der Waals surface area contributed by atoms with Crippen molar-refractivity contribution >= 4 is 10.0 Å². The summed E-state index contributed by atoms with van der Waals surface area (Å²) in [5.74, 6) is -2.12. The summed E-state index contributed by atoms with van der Waals surface area (Å²) in [5.41, 5.74) is -2.14. The molecule has 1 unspecified atom stereocenters. The Hall–Kier alpha value is -1.94. The van der Waals surface area contributed by atoms with E-state index in [4.69, 9.17) is 4.52 Å². The Balaban J connectivity index is 1.94. The maximum absolute atomic E-state index is 15.1. The lowest BCUT2D eigenvalue weighted by atomic mass is 9.96. The fraction of sp³-hybridized carbons (Fsp3) is 0.429. The molecule has 2 aromatic rings. The molecule has 6 nitrogen and oxygen atoms in total. The largest absolute Gasteiger partial charge is 0.336 e. The number of alkyl halides is 1. The van der Waals surface area contributed by atoms with Crippen molar-refractivity contribution < 1.29 is 26.1 Å². The van der Waals surface area contributed by atoms with Gasteiger partial charge >= 0.3 is 0 Å². The third kappa shape index (κ3) is 3.03. The van der Waals surface area contributed by atoms with Gasteiger partial charge in [0.15, 0.2) is 5.82 Å². The fourth-order valence-corrected chi connectivity index (χ4v) is 4.22. The number of nitrogens with zero attached hydrogens (tertiary/aromatic N) is 3. The summed E-state index contributed by atoms with van der Waals surface area (Å²) in [6.45, 7) is 0.984. The first kappa shape index (κ1) is 16.9. The van der Waals surface area contributed by atoms with Crippen LogP contribution in [0.5, 0.6) is 0 Å². The molecule has 0 N–H and O–H groups in total. The molecule has 130 valence electrons. The minimum atomic E-state index is -4.26. The normalized spacial score (nSPS) is 22.7. The van der Waals surface area contributed by atoms with Crippen LogP contribution >= 0.6 is 0 Å². The van der Waals surface area contributed by atoms with Crippen molar-refractivity contribution in [2.75, 3.05) is 13.1 Å². The van der Waals surface area contributed by atoms with Crippen LogP contribution in [0.4, 0.5) is 13.2 Å². The summed E-state index contributed by atoms with van der Waals surface area (Å²) >= 11 is 0. The average molecular weight is 361 g/mol. The Labute approximate surface area is 136 Å². The van der Waals surface area contributed by atoms with E-state index in [9.17, 15) is 17.2 Å². The zero-order chi connectivity index (χ0) is 17.5. The van der Waals surface area contributed by atoms with Gasteiger partial charge in [-0.2, -0.15) is 9.29 Å². The molecule has 10 heteroatoms. The van der Waals surface area contributed by atoms with Gasteiger partial charge in [-0.15, -0.1) is 0 Å². The van der Waals surface area contributed by atoms with E-state index in [0.717, 1.165) is 4.31 Å². The predicted molar refractivity (Wildman–Crippen MR) is 76.2 cm³/mol. The number of halogens is 3. The van der Waals surface area contributed by atoms with Crippen LogP contribution in [0.25, 0.3) is 0 Å². The third-order valence-corrected chi connectivity index (χ3v) is 5.62. The maximum atomic E-state index is 15.1. The quantitative estimate of drug-likeness (QED) is 0.838. The van der Waals surface area contributed by atoms with Gasteiger partial charge in [0.1, 0.15) is 11.6 Å². The Bertz CT molecular complexity index is 851. The number of benzene rings is 1. The van der Waals surface area contributed by atoms with Crippen molar-refractivity contribution in [3.63, 3.8) is 0 Å². The number of hydrogen-bond donors (Lipinski definition) is 0. The van der Waals surface area contributed by atoms with E-state index in [1.54, 1.807) is 0 Å². The molecule has 0 bridgehead atoms.